The van der Waals surface area contributed by atoms with Crippen LogP contribution in [0.15, 0.2) is 48.1 Å². The van der Waals surface area contributed by atoms with E-state index in [0.29, 0.717) is 0 Å². The average Bonchev–Trinajstić information content (AvgIpc) is 3.11. The summed E-state index contributed by atoms with van der Waals surface area (Å²) in [6.45, 7) is 2.07. The summed E-state index contributed by atoms with van der Waals surface area (Å²) >= 11 is 7.84. The first kappa shape index (κ1) is 14.2. The molecule has 1 N–H and O–H groups in total. The van der Waals surface area contributed by atoms with Crippen molar-refractivity contribution in [3.8, 4) is 0 Å². The summed E-state index contributed by atoms with van der Waals surface area (Å²) < 4.78 is 2.04. The predicted molar refractivity (Wildman–Crippen MR) is 89.2 cm³/mol. The molecule has 3 rings (SSSR count). The third kappa shape index (κ3) is 2.96. The van der Waals surface area contributed by atoms with Crippen molar-refractivity contribution >= 4 is 28.6 Å². The molecule has 3 nitrogen and oxygen atoms in total. The molecule has 0 saturated carbocycles. The van der Waals surface area contributed by atoms with E-state index >= 15 is 0 Å². The van der Waals surface area contributed by atoms with Gasteiger partial charge in [-0.3, -0.25) is 0 Å². The second-order valence-electron chi connectivity index (χ2n) is 4.95. The fraction of sp³-hybridized carbons (Fsp3) is 0.188. The maximum Gasteiger partial charge on any atom is 0.136 e. The topological polar surface area (TPSA) is 29.9 Å². The van der Waals surface area contributed by atoms with Crippen LogP contribution in [0.5, 0.6) is 0 Å². The minimum Gasteiger partial charge on any atom is -0.371 e. The van der Waals surface area contributed by atoms with Gasteiger partial charge >= 0.3 is 0 Å². The van der Waals surface area contributed by atoms with Crippen LogP contribution < -0.4 is 5.32 Å². The molecule has 3 aromatic rings. The first-order chi connectivity index (χ1) is 10.1. The van der Waals surface area contributed by atoms with Crippen molar-refractivity contribution in [2.24, 2.45) is 7.05 Å². The molecular formula is C16H16ClN3S. The van der Waals surface area contributed by atoms with Gasteiger partial charge in [-0.15, -0.1) is 11.3 Å². The monoisotopic (exact) mass is 317 g/mol. The number of imidazole rings is 1. The van der Waals surface area contributed by atoms with E-state index in [9.17, 15) is 0 Å². The molecule has 5 heteroatoms. The molecule has 1 unspecified atom stereocenters. The minimum atomic E-state index is 0.0159. The average molecular weight is 318 g/mol. The molecule has 21 heavy (non-hydrogen) atoms. The van der Waals surface area contributed by atoms with Crippen LogP contribution in [-0.4, -0.2) is 9.55 Å². The zero-order chi connectivity index (χ0) is 14.8. The standard InChI is InChI=1S/C16H16ClN3S/c1-11-5-6-12(17)10-13(11)19-15(14-4-3-9-21-14)16-18-7-8-20(16)2/h3-10,15,19H,1-2H3. The zero-order valence-electron chi connectivity index (χ0n) is 11.9. The van der Waals surface area contributed by atoms with Gasteiger partial charge in [-0.2, -0.15) is 0 Å². The maximum absolute atomic E-state index is 6.12. The van der Waals surface area contributed by atoms with Crippen LogP contribution in [0.1, 0.15) is 22.3 Å². The molecule has 0 aliphatic carbocycles. The van der Waals surface area contributed by atoms with Crippen LogP contribution in [0.3, 0.4) is 0 Å². The number of nitrogens with zero attached hydrogens (tertiary/aromatic N) is 2. The fourth-order valence-electron chi connectivity index (χ4n) is 2.28. The van der Waals surface area contributed by atoms with Gasteiger partial charge in [0.25, 0.3) is 0 Å². The Morgan fingerprint density at radius 1 is 1.33 bits per heavy atom. The summed E-state index contributed by atoms with van der Waals surface area (Å²) in [6.07, 6.45) is 3.78. The van der Waals surface area contributed by atoms with Crippen molar-refractivity contribution in [2.75, 3.05) is 5.32 Å². The first-order valence-corrected chi connectivity index (χ1v) is 7.94. The molecule has 0 aliphatic heterocycles. The van der Waals surface area contributed by atoms with Gasteiger partial charge in [-0.05, 0) is 36.1 Å². The zero-order valence-corrected chi connectivity index (χ0v) is 13.4. The summed E-state index contributed by atoms with van der Waals surface area (Å²) in [5.74, 6) is 0.983. The van der Waals surface area contributed by atoms with E-state index in [1.54, 1.807) is 11.3 Å². The highest BCUT2D eigenvalue weighted by Gasteiger charge is 2.20. The Morgan fingerprint density at radius 3 is 2.86 bits per heavy atom. The minimum absolute atomic E-state index is 0.0159. The molecular weight excluding hydrogens is 302 g/mol. The molecule has 0 radical (unpaired) electrons. The van der Waals surface area contributed by atoms with Gasteiger partial charge in [0.15, 0.2) is 0 Å². The van der Waals surface area contributed by atoms with Crippen molar-refractivity contribution in [1.82, 2.24) is 9.55 Å². The Kier molecular flexibility index (Phi) is 3.99. The summed E-state index contributed by atoms with van der Waals surface area (Å²) in [5, 5.41) is 6.39. The molecule has 0 aliphatic rings. The summed E-state index contributed by atoms with van der Waals surface area (Å²) in [5.41, 5.74) is 2.19. The van der Waals surface area contributed by atoms with E-state index in [1.165, 1.54) is 4.88 Å². The van der Waals surface area contributed by atoms with Crippen LogP contribution in [0, 0.1) is 6.92 Å². The van der Waals surface area contributed by atoms with E-state index in [0.717, 1.165) is 22.1 Å². The Hall–Kier alpha value is -1.78. The molecule has 0 spiro atoms. The SMILES string of the molecule is Cc1ccc(Cl)cc1NC(c1cccs1)c1nccn1C. The van der Waals surface area contributed by atoms with Gasteiger partial charge < -0.3 is 9.88 Å². The van der Waals surface area contributed by atoms with Crippen LogP contribution in [0.2, 0.25) is 5.02 Å². The smallest absolute Gasteiger partial charge is 0.136 e. The lowest BCUT2D eigenvalue weighted by Gasteiger charge is -2.20. The van der Waals surface area contributed by atoms with E-state index in [1.807, 2.05) is 42.2 Å². The highest BCUT2D eigenvalue weighted by atomic mass is 35.5. The summed E-state index contributed by atoms with van der Waals surface area (Å²) in [6, 6.07) is 10.1. The van der Waals surface area contributed by atoms with Crippen LogP contribution in [0.4, 0.5) is 5.69 Å². The van der Waals surface area contributed by atoms with Crippen LogP contribution in [-0.2, 0) is 7.05 Å². The summed E-state index contributed by atoms with van der Waals surface area (Å²) in [7, 11) is 2.01. The fourth-order valence-corrected chi connectivity index (χ4v) is 3.22. The maximum atomic E-state index is 6.12. The summed E-state index contributed by atoms with van der Waals surface area (Å²) in [4.78, 5) is 5.72. The van der Waals surface area contributed by atoms with Crippen molar-refractivity contribution < 1.29 is 0 Å². The van der Waals surface area contributed by atoms with Gasteiger partial charge in [0.2, 0.25) is 0 Å². The molecule has 0 amide bonds. The van der Waals surface area contributed by atoms with E-state index in [4.69, 9.17) is 11.6 Å². The van der Waals surface area contributed by atoms with Gasteiger partial charge in [0.05, 0.1) is 0 Å². The van der Waals surface area contributed by atoms with Crippen molar-refractivity contribution in [3.05, 3.63) is 69.4 Å². The Balaban J connectivity index is 2.01. The number of rotatable bonds is 4. The quantitative estimate of drug-likeness (QED) is 0.759. The molecule has 2 aromatic heterocycles. The highest BCUT2D eigenvalue weighted by molar-refractivity contribution is 7.10. The number of aromatic nitrogens is 2. The largest absolute Gasteiger partial charge is 0.371 e. The number of aryl methyl sites for hydroxylation is 2. The normalized spacial score (nSPS) is 12.3. The van der Waals surface area contributed by atoms with Crippen LogP contribution >= 0.6 is 22.9 Å². The van der Waals surface area contributed by atoms with Gasteiger partial charge in [0.1, 0.15) is 11.9 Å². The van der Waals surface area contributed by atoms with Crippen molar-refractivity contribution in [1.29, 1.82) is 0 Å². The number of halogens is 1. The number of nitrogens with one attached hydrogen (secondary N) is 1. The van der Waals surface area contributed by atoms with Crippen molar-refractivity contribution in [2.45, 2.75) is 13.0 Å². The molecule has 2 heterocycles. The van der Waals surface area contributed by atoms with E-state index < -0.39 is 0 Å². The Bertz CT molecular complexity index is 734. The number of hydrogen-bond donors (Lipinski definition) is 1. The third-order valence-corrected chi connectivity index (χ3v) is 4.62. The molecule has 108 valence electrons. The van der Waals surface area contributed by atoms with Gasteiger partial charge in [0, 0.05) is 35.0 Å². The molecule has 0 fully saturated rings. The molecule has 1 aromatic carbocycles. The molecule has 0 saturated heterocycles. The molecule has 1 atom stereocenters. The lowest BCUT2D eigenvalue weighted by Crippen LogP contribution is -2.16. The molecule has 0 bridgehead atoms. The third-order valence-electron chi connectivity index (χ3n) is 3.44. The predicted octanol–water partition coefficient (Wildman–Crippen LogP) is 4.64. The number of thiophene rings is 1. The lowest BCUT2D eigenvalue weighted by atomic mass is 10.1. The van der Waals surface area contributed by atoms with E-state index in [2.05, 4.69) is 34.7 Å². The highest BCUT2D eigenvalue weighted by Crippen LogP contribution is 2.31. The Labute approximate surface area is 133 Å². The van der Waals surface area contributed by atoms with Crippen LogP contribution in [0.25, 0.3) is 0 Å². The lowest BCUT2D eigenvalue weighted by molar-refractivity contribution is 0.756. The Morgan fingerprint density at radius 2 is 2.19 bits per heavy atom. The van der Waals surface area contributed by atoms with Gasteiger partial charge in [-0.25, -0.2) is 4.98 Å². The second kappa shape index (κ2) is 5.92. The van der Waals surface area contributed by atoms with Crippen molar-refractivity contribution in [3.63, 3.8) is 0 Å². The number of anilines is 1. The first-order valence-electron chi connectivity index (χ1n) is 6.68. The number of benzene rings is 1. The van der Waals surface area contributed by atoms with E-state index in [-0.39, 0.29) is 6.04 Å². The second-order valence-corrected chi connectivity index (χ2v) is 6.36. The number of hydrogen-bond acceptors (Lipinski definition) is 3. The van der Waals surface area contributed by atoms with Gasteiger partial charge in [-0.1, -0.05) is 23.7 Å².